The molecular formula is C22H21FN4O4. The van der Waals surface area contributed by atoms with Crippen LogP contribution in [0.15, 0.2) is 27.8 Å². The molecule has 9 heteroatoms. The van der Waals surface area contributed by atoms with Gasteiger partial charge in [-0.2, -0.15) is 0 Å². The fourth-order valence-corrected chi connectivity index (χ4v) is 3.17. The predicted octanol–water partition coefficient (Wildman–Crippen LogP) is 1.31. The van der Waals surface area contributed by atoms with E-state index in [0.29, 0.717) is 17.1 Å². The highest BCUT2D eigenvalue weighted by atomic mass is 19.1. The molecule has 160 valence electrons. The van der Waals surface area contributed by atoms with Gasteiger partial charge in [0.2, 0.25) is 0 Å². The molecule has 0 saturated carbocycles. The van der Waals surface area contributed by atoms with Gasteiger partial charge in [-0.15, -0.1) is 6.42 Å². The standard InChI is InChI=1S/C22H21FN4O4/c1-5-12-27-21(28)19-20(26(22(27)29)13-6-11-23)24-18(25(19)2)10-8-15-7-9-16(30-3)17(14-15)31-4/h1,7,9,14H,6,11-13H2,2-4H3. The van der Waals surface area contributed by atoms with E-state index in [0.717, 1.165) is 4.57 Å². The number of hydrogen-bond donors (Lipinski definition) is 0. The lowest BCUT2D eigenvalue weighted by atomic mass is 10.2. The molecule has 2 heterocycles. The van der Waals surface area contributed by atoms with Crippen LogP contribution in [0, 0.1) is 24.2 Å². The van der Waals surface area contributed by atoms with Crippen molar-refractivity contribution in [3.05, 3.63) is 50.4 Å². The summed E-state index contributed by atoms with van der Waals surface area (Å²) in [5.41, 5.74) is -0.226. The molecule has 31 heavy (non-hydrogen) atoms. The van der Waals surface area contributed by atoms with Gasteiger partial charge < -0.3 is 14.0 Å². The molecule has 2 aromatic heterocycles. The molecule has 0 N–H and O–H groups in total. The molecular weight excluding hydrogens is 403 g/mol. The molecule has 3 rings (SSSR count). The van der Waals surface area contributed by atoms with Gasteiger partial charge in [-0.3, -0.25) is 13.8 Å². The minimum Gasteiger partial charge on any atom is -0.493 e. The third kappa shape index (κ3) is 4.03. The molecule has 0 saturated heterocycles. The average Bonchev–Trinajstić information content (AvgIpc) is 3.11. The van der Waals surface area contributed by atoms with E-state index in [1.165, 1.54) is 23.4 Å². The molecule has 8 nitrogen and oxygen atoms in total. The van der Waals surface area contributed by atoms with Crippen LogP contribution in [-0.2, 0) is 20.1 Å². The van der Waals surface area contributed by atoms with Crippen LogP contribution < -0.4 is 20.7 Å². The summed E-state index contributed by atoms with van der Waals surface area (Å²) in [6.45, 7) is -0.738. The summed E-state index contributed by atoms with van der Waals surface area (Å²) in [4.78, 5) is 30.0. The molecule has 0 radical (unpaired) electrons. The number of rotatable bonds is 6. The van der Waals surface area contributed by atoms with Crippen molar-refractivity contribution >= 4 is 11.2 Å². The highest BCUT2D eigenvalue weighted by Gasteiger charge is 2.19. The Bertz CT molecular complexity index is 1350. The number of halogens is 1. The first-order valence-corrected chi connectivity index (χ1v) is 9.40. The highest BCUT2D eigenvalue weighted by Crippen LogP contribution is 2.27. The molecule has 0 fully saturated rings. The Morgan fingerprint density at radius 2 is 1.87 bits per heavy atom. The minimum atomic E-state index is -0.624. The number of aryl methyl sites for hydroxylation is 2. The average molecular weight is 424 g/mol. The van der Waals surface area contributed by atoms with Crippen LogP contribution in [0.1, 0.15) is 17.8 Å². The lowest BCUT2D eigenvalue weighted by Crippen LogP contribution is -2.40. The maximum absolute atomic E-state index is 12.9. The number of nitrogens with zero attached hydrogens (tertiary/aromatic N) is 4. The van der Waals surface area contributed by atoms with E-state index in [2.05, 4.69) is 22.7 Å². The number of aromatic nitrogens is 4. The van der Waals surface area contributed by atoms with Gasteiger partial charge in [-0.25, -0.2) is 14.3 Å². The van der Waals surface area contributed by atoms with Gasteiger partial charge in [0.05, 0.1) is 27.4 Å². The minimum absolute atomic E-state index is 0.0657. The van der Waals surface area contributed by atoms with Gasteiger partial charge in [0.1, 0.15) is 0 Å². The van der Waals surface area contributed by atoms with E-state index in [1.54, 1.807) is 25.2 Å². The lowest BCUT2D eigenvalue weighted by Gasteiger charge is -2.09. The van der Waals surface area contributed by atoms with Gasteiger partial charge >= 0.3 is 5.69 Å². The zero-order valence-corrected chi connectivity index (χ0v) is 17.4. The fraction of sp³-hybridized carbons (Fsp3) is 0.318. The Balaban J connectivity index is 2.19. The van der Waals surface area contributed by atoms with Crippen molar-refractivity contribution in [1.82, 2.24) is 18.7 Å². The number of benzene rings is 1. The molecule has 0 bridgehead atoms. The van der Waals surface area contributed by atoms with Crippen LogP contribution in [0.4, 0.5) is 4.39 Å². The van der Waals surface area contributed by atoms with Crippen molar-refractivity contribution in [1.29, 1.82) is 0 Å². The number of fused-ring (bicyclic) bond motifs is 1. The maximum atomic E-state index is 12.9. The Hall–Kier alpha value is -3.98. The zero-order valence-electron chi connectivity index (χ0n) is 17.4. The summed E-state index contributed by atoms with van der Waals surface area (Å²) in [5, 5.41) is 0. The van der Waals surface area contributed by atoms with Crippen molar-refractivity contribution in [2.75, 3.05) is 20.9 Å². The molecule has 0 amide bonds. The van der Waals surface area contributed by atoms with E-state index >= 15 is 0 Å². The third-order valence-corrected chi connectivity index (χ3v) is 4.71. The second kappa shape index (κ2) is 9.23. The summed E-state index contributed by atoms with van der Waals surface area (Å²) in [5.74, 6) is 9.55. The Kier molecular flexibility index (Phi) is 6.46. The molecule has 0 aliphatic carbocycles. The van der Waals surface area contributed by atoms with Gasteiger partial charge in [0, 0.05) is 19.2 Å². The van der Waals surface area contributed by atoms with E-state index in [1.807, 2.05) is 0 Å². The van der Waals surface area contributed by atoms with Crippen LogP contribution in [0.2, 0.25) is 0 Å². The van der Waals surface area contributed by atoms with Crippen LogP contribution in [0.25, 0.3) is 11.2 Å². The molecule has 3 aromatic rings. The largest absolute Gasteiger partial charge is 0.493 e. The molecule has 0 aliphatic rings. The highest BCUT2D eigenvalue weighted by molar-refractivity contribution is 5.72. The second-order valence-electron chi connectivity index (χ2n) is 6.56. The van der Waals surface area contributed by atoms with Crippen LogP contribution >= 0.6 is 0 Å². The zero-order chi connectivity index (χ0) is 22.5. The number of terminal acetylenes is 1. The molecule has 0 spiro atoms. The van der Waals surface area contributed by atoms with Gasteiger partial charge in [0.15, 0.2) is 28.5 Å². The summed E-state index contributed by atoms with van der Waals surface area (Å²) < 4.78 is 27.0. The Morgan fingerprint density at radius 1 is 1.13 bits per heavy atom. The molecule has 1 aromatic carbocycles. The maximum Gasteiger partial charge on any atom is 0.333 e. The summed E-state index contributed by atoms with van der Waals surface area (Å²) in [7, 11) is 4.69. The van der Waals surface area contributed by atoms with Crippen molar-refractivity contribution in [2.45, 2.75) is 19.5 Å². The van der Waals surface area contributed by atoms with Crippen molar-refractivity contribution in [3.8, 4) is 35.7 Å². The molecule has 0 atom stereocenters. The quantitative estimate of drug-likeness (QED) is 0.558. The number of imidazole rings is 1. The van der Waals surface area contributed by atoms with Crippen LogP contribution in [-0.4, -0.2) is 39.6 Å². The lowest BCUT2D eigenvalue weighted by molar-refractivity contribution is 0.355. The monoisotopic (exact) mass is 424 g/mol. The van der Waals surface area contributed by atoms with Crippen molar-refractivity contribution < 1.29 is 13.9 Å². The van der Waals surface area contributed by atoms with Gasteiger partial charge in [-0.05, 0) is 30.5 Å². The first kappa shape index (κ1) is 21.7. The molecule has 0 unspecified atom stereocenters. The smallest absolute Gasteiger partial charge is 0.333 e. The van der Waals surface area contributed by atoms with Gasteiger partial charge in [0.25, 0.3) is 5.56 Å². The van der Waals surface area contributed by atoms with E-state index in [-0.39, 0.29) is 36.5 Å². The molecule has 0 aliphatic heterocycles. The summed E-state index contributed by atoms with van der Waals surface area (Å²) in [6, 6.07) is 5.20. The SMILES string of the molecule is C#CCn1c(=O)c2c(nc(C#Cc3ccc(OC)c(OC)c3)n2C)n(CCCF)c1=O. The summed E-state index contributed by atoms with van der Waals surface area (Å²) >= 11 is 0. The topological polar surface area (TPSA) is 80.3 Å². The van der Waals surface area contributed by atoms with E-state index < -0.39 is 17.9 Å². The first-order chi connectivity index (χ1) is 15.0. The Labute approximate surface area is 177 Å². The number of ether oxygens (including phenoxy) is 2. The van der Waals surface area contributed by atoms with E-state index in [9.17, 15) is 14.0 Å². The van der Waals surface area contributed by atoms with E-state index in [4.69, 9.17) is 15.9 Å². The number of hydrogen-bond acceptors (Lipinski definition) is 5. The fourth-order valence-electron chi connectivity index (χ4n) is 3.17. The normalized spacial score (nSPS) is 10.4. The predicted molar refractivity (Wildman–Crippen MR) is 114 cm³/mol. The van der Waals surface area contributed by atoms with Crippen molar-refractivity contribution in [2.24, 2.45) is 7.05 Å². The van der Waals surface area contributed by atoms with Crippen LogP contribution in [0.3, 0.4) is 0 Å². The van der Waals surface area contributed by atoms with Gasteiger partial charge in [-0.1, -0.05) is 11.8 Å². The number of alkyl halides is 1. The number of methoxy groups -OCH3 is 2. The summed E-state index contributed by atoms with van der Waals surface area (Å²) in [6.07, 6.45) is 5.41. The van der Waals surface area contributed by atoms with Crippen LogP contribution in [0.5, 0.6) is 11.5 Å². The second-order valence-corrected chi connectivity index (χ2v) is 6.56. The Morgan fingerprint density at radius 3 is 2.52 bits per heavy atom. The third-order valence-electron chi connectivity index (χ3n) is 4.71. The van der Waals surface area contributed by atoms with Crippen molar-refractivity contribution in [3.63, 3.8) is 0 Å². The first-order valence-electron chi connectivity index (χ1n) is 9.40.